The van der Waals surface area contributed by atoms with Gasteiger partial charge in [0, 0.05) is 10.9 Å². The van der Waals surface area contributed by atoms with E-state index in [9.17, 15) is 4.79 Å². The Labute approximate surface area is 101 Å². The summed E-state index contributed by atoms with van der Waals surface area (Å²) >= 11 is 5.84. The highest BCUT2D eigenvalue weighted by Gasteiger charge is 2.17. The molecule has 0 saturated heterocycles. The molecular formula is C12H17ClN2O. The van der Waals surface area contributed by atoms with Crippen LogP contribution in [-0.4, -0.2) is 5.91 Å². The molecule has 3 nitrogen and oxygen atoms in total. The van der Waals surface area contributed by atoms with Crippen molar-refractivity contribution in [2.45, 2.75) is 20.8 Å². The van der Waals surface area contributed by atoms with Gasteiger partial charge in [0.2, 0.25) is 5.91 Å². The van der Waals surface area contributed by atoms with E-state index in [0.717, 1.165) is 0 Å². The van der Waals surface area contributed by atoms with E-state index in [4.69, 9.17) is 17.3 Å². The Morgan fingerprint density at radius 2 is 2.00 bits per heavy atom. The predicted octanol–water partition coefficient (Wildman–Crippen LogP) is 3.15. The van der Waals surface area contributed by atoms with Crippen LogP contribution in [0.25, 0.3) is 0 Å². The van der Waals surface area contributed by atoms with Gasteiger partial charge in [-0.15, -0.1) is 0 Å². The van der Waals surface area contributed by atoms with Crippen molar-refractivity contribution in [1.82, 2.24) is 0 Å². The molecule has 0 saturated carbocycles. The minimum Gasteiger partial charge on any atom is -0.397 e. The topological polar surface area (TPSA) is 55.1 Å². The minimum absolute atomic E-state index is 0.0380. The minimum atomic E-state index is -0.0571. The van der Waals surface area contributed by atoms with Crippen LogP contribution in [0.1, 0.15) is 20.8 Å². The van der Waals surface area contributed by atoms with Crippen LogP contribution >= 0.6 is 11.6 Å². The molecule has 1 atom stereocenters. The standard InChI is InChI=1S/C12H17ClN2O/c1-7(2)8(3)12(16)15-11-6-9(13)4-5-10(11)14/h4-8H,14H2,1-3H3,(H,15,16). The van der Waals surface area contributed by atoms with E-state index in [1.165, 1.54) is 0 Å². The molecule has 1 aromatic rings. The zero-order valence-electron chi connectivity index (χ0n) is 9.75. The van der Waals surface area contributed by atoms with Crippen LogP contribution in [0, 0.1) is 11.8 Å². The fourth-order valence-electron chi connectivity index (χ4n) is 1.19. The predicted molar refractivity (Wildman–Crippen MR) is 68.5 cm³/mol. The highest BCUT2D eigenvalue weighted by atomic mass is 35.5. The zero-order valence-corrected chi connectivity index (χ0v) is 10.5. The van der Waals surface area contributed by atoms with Crippen molar-refractivity contribution in [2.24, 2.45) is 11.8 Å². The summed E-state index contributed by atoms with van der Waals surface area (Å²) in [6, 6.07) is 5.03. The van der Waals surface area contributed by atoms with E-state index in [2.05, 4.69) is 5.32 Å². The molecule has 1 unspecified atom stereocenters. The maximum atomic E-state index is 11.8. The average Bonchev–Trinajstić information content (AvgIpc) is 2.22. The Kier molecular flexibility index (Phi) is 4.19. The quantitative estimate of drug-likeness (QED) is 0.798. The highest BCUT2D eigenvalue weighted by Crippen LogP contribution is 2.24. The first-order valence-electron chi connectivity index (χ1n) is 5.27. The highest BCUT2D eigenvalue weighted by molar-refractivity contribution is 6.31. The van der Waals surface area contributed by atoms with Crippen molar-refractivity contribution in [3.63, 3.8) is 0 Å². The van der Waals surface area contributed by atoms with E-state index < -0.39 is 0 Å². The molecule has 1 aromatic carbocycles. The van der Waals surface area contributed by atoms with Gasteiger partial charge in [-0.05, 0) is 24.1 Å². The summed E-state index contributed by atoms with van der Waals surface area (Å²) < 4.78 is 0. The third-order valence-corrected chi connectivity index (χ3v) is 2.92. The number of benzene rings is 1. The van der Waals surface area contributed by atoms with Crippen molar-refractivity contribution in [3.05, 3.63) is 23.2 Å². The summed E-state index contributed by atoms with van der Waals surface area (Å²) in [5, 5.41) is 3.34. The summed E-state index contributed by atoms with van der Waals surface area (Å²) in [7, 11) is 0. The van der Waals surface area contributed by atoms with Crippen LogP contribution < -0.4 is 11.1 Å². The summed E-state index contributed by atoms with van der Waals surface area (Å²) in [5.74, 6) is 0.197. The van der Waals surface area contributed by atoms with Crippen molar-refractivity contribution in [2.75, 3.05) is 11.1 Å². The number of halogens is 1. The largest absolute Gasteiger partial charge is 0.397 e. The maximum absolute atomic E-state index is 11.8. The molecule has 0 spiro atoms. The monoisotopic (exact) mass is 240 g/mol. The number of nitrogens with two attached hydrogens (primary N) is 1. The van der Waals surface area contributed by atoms with Crippen LogP contribution in [0.3, 0.4) is 0 Å². The van der Waals surface area contributed by atoms with Gasteiger partial charge in [-0.2, -0.15) is 0 Å². The second-order valence-corrected chi connectivity index (χ2v) is 4.69. The number of nitrogens with one attached hydrogen (secondary N) is 1. The number of hydrogen-bond donors (Lipinski definition) is 2. The molecule has 3 N–H and O–H groups in total. The van der Waals surface area contributed by atoms with Gasteiger partial charge in [0.1, 0.15) is 0 Å². The van der Waals surface area contributed by atoms with Crippen molar-refractivity contribution >= 4 is 28.9 Å². The molecule has 0 bridgehead atoms. The number of carbonyl (C=O) groups is 1. The molecule has 0 fully saturated rings. The normalized spacial score (nSPS) is 12.6. The first-order valence-corrected chi connectivity index (χ1v) is 5.65. The molecule has 4 heteroatoms. The first-order chi connectivity index (χ1) is 7.41. The molecule has 0 aliphatic carbocycles. The summed E-state index contributed by atoms with van der Waals surface area (Å²) in [5.41, 5.74) is 6.84. The third kappa shape index (κ3) is 3.14. The molecule has 88 valence electrons. The van der Waals surface area contributed by atoms with Crippen LogP contribution in [0.5, 0.6) is 0 Å². The van der Waals surface area contributed by atoms with Gasteiger partial charge in [0.15, 0.2) is 0 Å². The lowest BCUT2D eigenvalue weighted by molar-refractivity contribution is -0.120. The van der Waals surface area contributed by atoms with Gasteiger partial charge in [-0.1, -0.05) is 32.4 Å². The Morgan fingerprint density at radius 3 is 2.56 bits per heavy atom. The number of anilines is 2. The van der Waals surface area contributed by atoms with E-state index in [0.29, 0.717) is 22.3 Å². The van der Waals surface area contributed by atoms with Crippen LogP contribution in [0.2, 0.25) is 5.02 Å². The van der Waals surface area contributed by atoms with Gasteiger partial charge in [0.05, 0.1) is 11.4 Å². The fraction of sp³-hybridized carbons (Fsp3) is 0.417. The molecule has 0 aliphatic heterocycles. The molecule has 1 rings (SSSR count). The van der Waals surface area contributed by atoms with Gasteiger partial charge < -0.3 is 11.1 Å². The molecule has 1 amide bonds. The van der Waals surface area contributed by atoms with Crippen molar-refractivity contribution < 1.29 is 4.79 Å². The fourth-order valence-corrected chi connectivity index (χ4v) is 1.36. The lowest BCUT2D eigenvalue weighted by Crippen LogP contribution is -2.24. The van der Waals surface area contributed by atoms with Crippen molar-refractivity contribution in [1.29, 1.82) is 0 Å². The summed E-state index contributed by atoms with van der Waals surface area (Å²) in [6.07, 6.45) is 0. The molecule has 0 radical (unpaired) electrons. The van der Waals surface area contributed by atoms with Gasteiger partial charge in [-0.3, -0.25) is 4.79 Å². The van der Waals surface area contributed by atoms with E-state index >= 15 is 0 Å². The number of amides is 1. The number of rotatable bonds is 3. The van der Waals surface area contributed by atoms with Crippen LogP contribution in [0.4, 0.5) is 11.4 Å². The summed E-state index contributed by atoms with van der Waals surface area (Å²) in [4.78, 5) is 11.8. The van der Waals surface area contributed by atoms with Gasteiger partial charge >= 0.3 is 0 Å². The maximum Gasteiger partial charge on any atom is 0.227 e. The lowest BCUT2D eigenvalue weighted by atomic mass is 9.97. The number of hydrogen-bond acceptors (Lipinski definition) is 2. The lowest BCUT2D eigenvalue weighted by Gasteiger charge is -2.16. The Hall–Kier alpha value is -1.22. The average molecular weight is 241 g/mol. The SMILES string of the molecule is CC(C)C(C)C(=O)Nc1cc(Cl)ccc1N. The number of carbonyl (C=O) groups excluding carboxylic acids is 1. The zero-order chi connectivity index (χ0) is 12.3. The molecule has 16 heavy (non-hydrogen) atoms. The summed E-state index contributed by atoms with van der Waals surface area (Å²) in [6.45, 7) is 5.90. The van der Waals surface area contributed by atoms with Gasteiger partial charge in [-0.25, -0.2) is 0 Å². The Bertz CT molecular complexity index is 391. The van der Waals surface area contributed by atoms with E-state index in [1.807, 2.05) is 20.8 Å². The molecule has 0 aromatic heterocycles. The van der Waals surface area contributed by atoms with Crippen LogP contribution in [-0.2, 0) is 4.79 Å². The molecule has 0 heterocycles. The second-order valence-electron chi connectivity index (χ2n) is 4.25. The van der Waals surface area contributed by atoms with Crippen LogP contribution in [0.15, 0.2) is 18.2 Å². The molecule has 0 aliphatic rings. The Morgan fingerprint density at radius 1 is 1.38 bits per heavy atom. The third-order valence-electron chi connectivity index (χ3n) is 2.69. The Balaban J connectivity index is 2.80. The smallest absolute Gasteiger partial charge is 0.227 e. The number of nitrogen functional groups attached to an aromatic ring is 1. The second kappa shape index (κ2) is 5.21. The van der Waals surface area contributed by atoms with E-state index in [-0.39, 0.29) is 11.8 Å². The first kappa shape index (κ1) is 12.8. The molecular weight excluding hydrogens is 224 g/mol. The van der Waals surface area contributed by atoms with E-state index in [1.54, 1.807) is 18.2 Å². The van der Waals surface area contributed by atoms with Crippen molar-refractivity contribution in [3.8, 4) is 0 Å². The van der Waals surface area contributed by atoms with Gasteiger partial charge in [0.25, 0.3) is 0 Å².